The summed E-state index contributed by atoms with van der Waals surface area (Å²) in [6.07, 6.45) is 4.22. The van der Waals surface area contributed by atoms with Crippen LogP contribution in [0.4, 0.5) is 0 Å². The highest BCUT2D eigenvalue weighted by molar-refractivity contribution is 6.30. The fourth-order valence-corrected chi connectivity index (χ4v) is 1.90. The molecular weight excluding hydrogens is 254 g/mol. The van der Waals surface area contributed by atoms with Gasteiger partial charge in [0.2, 0.25) is 0 Å². The monoisotopic (exact) mass is 271 g/mol. The van der Waals surface area contributed by atoms with Gasteiger partial charge in [0, 0.05) is 18.1 Å². The van der Waals surface area contributed by atoms with Gasteiger partial charge in [-0.2, -0.15) is 0 Å². The maximum atomic E-state index is 5.84. The van der Waals surface area contributed by atoms with Gasteiger partial charge in [0.25, 0.3) is 0 Å². The summed E-state index contributed by atoms with van der Waals surface area (Å²) in [5.74, 6) is 0. The molecule has 0 amide bonds. The highest BCUT2D eigenvalue weighted by Gasteiger charge is 1.91. The third-order valence-electron chi connectivity index (χ3n) is 2.89. The lowest BCUT2D eigenvalue weighted by Crippen LogP contribution is -2.12. The zero-order valence-electron chi connectivity index (χ0n) is 11.1. The number of rotatable bonds is 5. The van der Waals surface area contributed by atoms with Gasteiger partial charge in [0.05, 0.1) is 0 Å². The molecule has 19 heavy (non-hydrogen) atoms. The molecule has 0 aliphatic rings. The molecule has 2 aromatic rings. The van der Waals surface area contributed by atoms with E-state index in [1.807, 2.05) is 24.3 Å². The average molecular weight is 272 g/mol. The minimum atomic E-state index is 0.773. The maximum absolute atomic E-state index is 5.84. The number of hydrogen-bond acceptors (Lipinski definition) is 1. The smallest absolute Gasteiger partial charge is 0.0406 e. The number of aryl methyl sites for hydroxylation is 1. The van der Waals surface area contributed by atoms with Crippen molar-refractivity contribution in [3.63, 3.8) is 0 Å². The third-order valence-corrected chi connectivity index (χ3v) is 3.14. The third kappa shape index (κ3) is 4.90. The molecule has 0 fully saturated rings. The Labute approximate surface area is 119 Å². The van der Waals surface area contributed by atoms with Crippen LogP contribution in [-0.2, 0) is 6.54 Å². The second-order valence-corrected chi connectivity index (χ2v) is 5.01. The summed E-state index contributed by atoms with van der Waals surface area (Å²) >= 11 is 5.84. The van der Waals surface area contributed by atoms with Crippen LogP contribution in [0.15, 0.2) is 54.6 Å². The quantitative estimate of drug-likeness (QED) is 0.792. The van der Waals surface area contributed by atoms with Crippen molar-refractivity contribution in [3.8, 4) is 0 Å². The SMILES string of the molecule is Cc1ccc(CNC/C=C/c2ccc(Cl)cc2)cc1. The first-order chi connectivity index (χ1) is 9.24. The molecular formula is C17H18ClN. The minimum absolute atomic E-state index is 0.773. The van der Waals surface area contributed by atoms with Gasteiger partial charge in [0.15, 0.2) is 0 Å². The van der Waals surface area contributed by atoms with Gasteiger partial charge >= 0.3 is 0 Å². The van der Waals surface area contributed by atoms with Crippen LogP contribution in [0.1, 0.15) is 16.7 Å². The Hall–Kier alpha value is -1.57. The number of halogens is 1. The van der Waals surface area contributed by atoms with Crippen molar-refractivity contribution in [2.24, 2.45) is 0 Å². The maximum Gasteiger partial charge on any atom is 0.0406 e. The molecule has 2 aromatic carbocycles. The molecule has 0 bridgehead atoms. The average Bonchev–Trinajstić information content (AvgIpc) is 2.43. The predicted octanol–water partition coefficient (Wildman–Crippen LogP) is 4.45. The zero-order chi connectivity index (χ0) is 13.5. The molecule has 0 radical (unpaired) electrons. The van der Waals surface area contributed by atoms with Gasteiger partial charge in [-0.15, -0.1) is 0 Å². The summed E-state index contributed by atoms with van der Waals surface area (Å²) in [6.45, 7) is 3.85. The van der Waals surface area contributed by atoms with Crippen molar-refractivity contribution in [1.29, 1.82) is 0 Å². The van der Waals surface area contributed by atoms with Crippen LogP contribution in [0, 0.1) is 6.92 Å². The lowest BCUT2D eigenvalue weighted by Gasteiger charge is -2.02. The Morgan fingerprint density at radius 2 is 1.68 bits per heavy atom. The summed E-state index contributed by atoms with van der Waals surface area (Å²) in [5, 5.41) is 4.16. The van der Waals surface area contributed by atoms with Crippen molar-refractivity contribution in [2.45, 2.75) is 13.5 Å². The standard InChI is InChI=1S/C17H18ClN/c1-14-4-6-16(7-5-14)13-19-12-2-3-15-8-10-17(18)11-9-15/h2-11,19H,12-13H2,1H3/b3-2+. The molecule has 0 aliphatic carbocycles. The molecule has 0 saturated carbocycles. The first kappa shape index (κ1) is 13.9. The molecule has 0 heterocycles. The van der Waals surface area contributed by atoms with E-state index in [0.717, 1.165) is 18.1 Å². The van der Waals surface area contributed by atoms with Crippen LogP contribution in [0.5, 0.6) is 0 Å². The van der Waals surface area contributed by atoms with Crippen LogP contribution >= 0.6 is 11.6 Å². The first-order valence-corrected chi connectivity index (χ1v) is 6.80. The highest BCUT2D eigenvalue weighted by atomic mass is 35.5. The van der Waals surface area contributed by atoms with Gasteiger partial charge < -0.3 is 5.32 Å². The Morgan fingerprint density at radius 1 is 1.00 bits per heavy atom. The summed E-state index contributed by atoms with van der Waals surface area (Å²) < 4.78 is 0. The second-order valence-electron chi connectivity index (χ2n) is 4.57. The van der Waals surface area contributed by atoms with Crippen molar-refractivity contribution < 1.29 is 0 Å². The lowest BCUT2D eigenvalue weighted by molar-refractivity contribution is 0.761. The summed E-state index contributed by atoms with van der Waals surface area (Å²) in [4.78, 5) is 0. The van der Waals surface area contributed by atoms with E-state index in [1.165, 1.54) is 16.7 Å². The van der Waals surface area contributed by atoms with E-state index in [1.54, 1.807) is 0 Å². The zero-order valence-corrected chi connectivity index (χ0v) is 11.8. The van der Waals surface area contributed by atoms with E-state index in [-0.39, 0.29) is 0 Å². The van der Waals surface area contributed by atoms with Crippen LogP contribution in [0.3, 0.4) is 0 Å². The topological polar surface area (TPSA) is 12.0 Å². The molecule has 0 atom stereocenters. The number of nitrogens with one attached hydrogen (secondary N) is 1. The summed E-state index contributed by atoms with van der Waals surface area (Å²) in [5.41, 5.74) is 3.78. The largest absolute Gasteiger partial charge is 0.309 e. The molecule has 0 unspecified atom stereocenters. The van der Waals surface area contributed by atoms with Crippen molar-refractivity contribution >= 4 is 17.7 Å². The molecule has 1 N–H and O–H groups in total. The minimum Gasteiger partial charge on any atom is -0.309 e. The molecule has 2 heteroatoms. The van der Waals surface area contributed by atoms with Crippen LogP contribution < -0.4 is 5.32 Å². The van der Waals surface area contributed by atoms with Crippen LogP contribution in [0.2, 0.25) is 5.02 Å². The number of benzene rings is 2. The molecule has 0 aliphatic heterocycles. The molecule has 0 aromatic heterocycles. The summed E-state index contributed by atoms with van der Waals surface area (Å²) in [6, 6.07) is 16.4. The second kappa shape index (κ2) is 7.13. The first-order valence-electron chi connectivity index (χ1n) is 6.42. The Bertz CT molecular complexity index is 526. The lowest BCUT2D eigenvalue weighted by atomic mass is 10.1. The van der Waals surface area contributed by atoms with E-state index in [4.69, 9.17) is 11.6 Å². The van der Waals surface area contributed by atoms with Gasteiger partial charge in [-0.3, -0.25) is 0 Å². The molecule has 2 rings (SSSR count). The molecule has 98 valence electrons. The van der Waals surface area contributed by atoms with Crippen molar-refractivity contribution in [3.05, 3.63) is 76.3 Å². The molecule has 1 nitrogen and oxygen atoms in total. The van der Waals surface area contributed by atoms with E-state index in [2.05, 4.69) is 48.7 Å². The fourth-order valence-electron chi connectivity index (χ4n) is 1.77. The Morgan fingerprint density at radius 3 is 2.37 bits per heavy atom. The van der Waals surface area contributed by atoms with Crippen molar-refractivity contribution in [1.82, 2.24) is 5.32 Å². The summed E-state index contributed by atoms with van der Waals surface area (Å²) in [7, 11) is 0. The molecule has 0 spiro atoms. The number of hydrogen-bond donors (Lipinski definition) is 1. The van der Waals surface area contributed by atoms with Crippen LogP contribution in [-0.4, -0.2) is 6.54 Å². The predicted molar refractivity (Wildman–Crippen MR) is 83.4 cm³/mol. The normalized spacial score (nSPS) is 11.1. The van der Waals surface area contributed by atoms with Crippen molar-refractivity contribution in [2.75, 3.05) is 6.54 Å². The van der Waals surface area contributed by atoms with Gasteiger partial charge in [-0.25, -0.2) is 0 Å². The fraction of sp³-hybridized carbons (Fsp3) is 0.176. The molecule has 0 saturated heterocycles. The van der Waals surface area contributed by atoms with Gasteiger partial charge in [0.1, 0.15) is 0 Å². The Kier molecular flexibility index (Phi) is 5.20. The van der Waals surface area contributed by atoms with Gasteiger partial charge in [-0.05, 0) is 30.2 Å². The Balaban J connectivity index is 1.74. The van der Waals surface area contributed by atoms with E-state index < -0.39 is 0 Å². The van der Waals surface area contributed by atoms with Gasteiger partial charge in [-0.1, -0.05) is 65.7 Å². The van der Waals surface area contributed by atoms with E-state index >= 15 is 0 Å². The van der Waals surface area contributed by atoms with E-state index in [9.17, 15) is 0 Å². The highest BCUT2D eigenvalue weighted by Crippen LogP contribution is 2.10. The van der Waals surface area contributed by atoms with E-state index in [0.29, 0.717) is 0 Å². The van der Waals surface area contributed by atoms with Crippen LogP contribution in [0.25, 0.3) is 6.08 Å².